The molecule has 1 aromatic carbocycles. The molecule has 7 heteroatoms. The summed E-state index contributed by atoms with van der Waals surface area (Å²) in [5, 5.41) is 0. The molecule has 1 aliphatic heterocycles. The SMILES string of the molecule is Cc1cc2nc(-c3ccc(OCCN(C)C(=O)OC(C)(C)C)cc3)cc(N3CCCC3)c2s1. The Labute approximate surface area is 200 Å². The number of thiophene rings is 1. The van der Waals surface area contributed by atoms with E-state index in [9.17, 15) is 4.79 Å². The lowest BCUT2D eigenvalue weighted by Crippen LogP contribution is -2.36. The maximum atomic E-state index is 12.1. The van der Waals surface area contributed by atoms with E-state index >= 15 is 0 Å². The molecule has 6 nitrogen and oxygen atoms in total. The van der Waals surface area contributed by atoms with Gasteiger partial charge in [0.05, 0.1) is 28.1 Å². The van der Waals surface area contributed by atoms with Gasteiger partial charge in [0.2, 0.25) is 0 Å². The minimum atomic E-state index is -0.505. The van der Waals surface area contributed by atoms with E-state index in [4.69, 9.17) is 14.5 Å². The molecule has 4 rings (SSSR count). The lowest BCUT2D eigenvalue weighted by molar-refractivity contribution is 0.0278. The molecule has 0 radical (unpaired) electrons. The molecule has 2 aromatic heterocycles. The number of fused-ring (bicyclic) bond motifs is 1. The van der Waals surface area contributed by atoms with Gasteiger partial charge in [-0.3, -0.25) is 0 Å². The van der Waals surface area contributed by atoms with Crippen molar-refractivity contribution in [3.63, 3.8) is 0 Å². The van der Waals surface area contributed by atoms with Gasteiger partial charge in [0.1, 0.15) is 18.0 Å². The standard InChI is InChI=1S/C26H33N3O3S/c1-18-16-22-24(33-18)23(29-12-6-7-13-29)17-21(27-22)19-8-10-20(11-9-19)31-15-14-28(5)25(30)32-26(2,3)4/h8-11,16-17H,6-7,12-15H2,1-5H3. The first kappa shape index (κ1) is 23.4. The Balaban J connectivity index is 1.43. The molecule has 1 fully saturated rings. The van der Waals surface area contributed by atoms with Gasteiger partial charge in [-0.2, -0.15) is 0 Å². The molecule has 33 heavy (non-hydrogen) atoms. The van der Waals surface area contributed by atoms with Crippen molar-refractivity contribution in [1.29, 1.82) is 0 Å². The average molecular weight is 468 g/mol. The number of carbonyl (C=O) groups is 1. The Morgan fingerprint density at radius 1 is 1.15 bits per heavy atom. The molecular formula is C26H33N3O3S. The van der Waals surface area contributed by atoms with Gasteiger partial charge >= 0.3 is 6.09 Å². The van der Waals surface area contributed by atoms with Crippen molar-refractivity contribution in [1.82, 2.24) is 9.88 Å². The number of carbonyl (C=O) groups excluding carboxylic acids is 1. The van der Waals surface area contributed by atoms with Crippen molar-refractivity contribution in [3.05, 3.63) is 41.3 Å². The van der Waals surface area contributed by atoms with Crippen LogP contribution in [0.5, 0.6) is 5.75 Å². The molecule has 0 unspecified atom stereocenters. The summed E-state index contributed by atoms with van der Waals surface area (Å²) < 4.78 is 12.5. The van der Waals surface area contributed by atoms with Crippen LogP contribution in [0.15, 0.2) is 36.4 Å². The van der Waals surface area contributed by atoms with Gasteiger partial charge in [0, 0.05) is 30.6 Å². The van der Waals surface area contributed by atoms with Crippen LogP contribution in [0.3, 0.4) is 0 Å². The van der Waals surface area contributed by atoms with E-state index in [0.717, 1.165) is 35.6 Å². The predicted molar refractivity (Wildman–Crippen MR) is 136 cm³/mol. The Morgan fingerprint density at radius 3 is 2.52 bits per heavy atom. The summed E-state index contributed by atoms with van der Waals surface area (Å²) in [6.07, 6.45) is 2.15. The summed E-state index contributed by atoms with van der Waals surface area (Å²) in [5.41, 5.74) is 3.92. The number of likely N-dealkylation sites (N-methyl/N-ethyl adjacent to an activating group) is 1. The molecular weight excluding hydrogens is 434 g/mol. The second-order valence-corrected chi connectivity index (χ2v) is 10.8. The zero-order valence-corrected chi connectivity index (χ0v) is 21.0. The van der Waals surface area contributed by atoms with Crippen LogP contribution < -0.4 is 9.64 Å². The Kier molecular flexibility index (Phi) is 6.79. The number of aryl methyl sites for hydroxylation is 1. The van der Waals surface area contributed by atoms with E-state index in [-0.39, 0.29) is 6.09 Å². The Morgan fingerprint density at radius 2 is 1.85 bits per heavy atom. The quantitative estimate of drug-likeness (QED) is 0.437. The highest BCUT2D eigenvalue weighted by Crippen LogP contribution is 2.37. The first-order chi connectivity index (χ1) is 15.7. The van der Waals surface area contributed by atoms with Crippen molar-refractivity contribution in [2.45, 2.75) is 46.1 Å². The van der Waals surface area contributed by atoms with Crippen LogP contribution in [0.25, 0.3) is 21.5 Å². The van der Waals surface area contributed by atoms with Crippen molar-refractivity contribution in [3.8, 4) is 17.0 Å². The van der Waals surface area contributed by atoms with Crippen molar-refractivity contribution >= 4 is 33.3 Å². The Hall–Kier alpha value is -2.80. The van der Waals surface area contributed by atoms with Crippen LogP contribution in [-0.2, 0) is 4.74 Å². The third-order valence-electron chi connectivity index (χ3n) is 5.58. The average Bonchev–Trinajstić information content (AvgIpc) is 3.41. The molecule has 0 saturated carbocycles. The molecule has 176 valence electrons. The fraction of sp³-hybridized carbons (Fsp3) is 0.462. The van der Waals surface area contributed by atoms with Gasteiger partial charge in [-0.25, -0.2) is 9.78 Å². The monoisotopic (exact) mass is 467 g/mol. The van der Waals surface area contributed by atoms with E-state index in [1.165, 1.54) is 33.0 Å². The zero-order valence-electron chi connectivity index (χ0n) is 20.2. The highest BCUT2D eigenvalue weighted by Gasteiger charge is 2.20. The number of hydrogen-bond donors (Lipinski definition) is 0. The normalized spacial score (nSPS) is 14.0. The fourth-order valence-corrected chi connectivity index (χ4v) is 4.91. The first-order valence-corrected chi connectivity index (χ1v) is 12.3. The smallest absolute Gasteiger partial charge is 0.410 e. The number of nitrogens with zero attached hydrogens (tertiary/aromatic N) is 3. The van der Waals surface area contributed by atoms with E-state index in [0.29, 0.717) is 13.2 Å². The largest absolute Gasteiger partial charge is 0.492 e. The summed E-state index contributed by atoms with van der Waals surface area (Å²) in [5.74, 6) is 0.767. The van der Waals surface area contributed by atoms with Gasteiger partial charge in [-0.15, -0.1) is 11.3 Å². The number of pyridine rings is 1. The number of hydrogen-bond acceptors (Lipinski definition) is 6. The third-order valence-corrected chi connectivity index (χ3v) is 6.64. The number of rotatable bonds is 6. The van der Waals surface area contributed by atoms with Crippen molar-refractivity contribution in [2.24, 2.45) is 0 Å². The molecule has 0 bridgehead atoms. The third kappa shape index (κ3) is 5.77. The second kappa shape index (κ2) is 9.59. The summed E-state index contributed by atoms with van der Waals surface area (Å²) in [7, 11) is 1.71. The summed E-state index contributed by atoms with van der Waals surface area (Å²) >= 11 is 1.83. The summed E-state index contributed by atoms with van der Waals surface area (Å²) in [6, 6.07) is 12.4. The fourth-order valence-electron chi connectivity index (χ4n) is 3.92. The minimum Gasteiger partial charge on any atom is -0.492 e. The molecule has 0 spiro atoms. The minimum absolute atomic E-state index is 0.347. The maximum absolute atomic E-state index is 12.1. The van der Waals surface area contributed by atoms with Crippen LogP contribution in [0, 0.1) is 6.92 Å². The van der Waals surface area contributed by atoms with Gasteiger partial charge in [0.25, 0.3) is 0 Å². The van der Waals surface area contributed by atoms with E-state index in [1.807, 2.05) is 56.4 Å². The highest BCUT2D eigenvalue weighted by molar-refractivity contribution is 7.19. The number of ether oxygens (including phenoxy) is 2. The predicted octanol–water partition coefficient (Wildman–Crippen LogP) is 6.12. The van der Waals surface area contributed by atoms with Crippen LogP contribution in [0.4, 0.5) is 10.5 Å². The Bertz CT molecular complexity index is 1110. The van der Waals surface area contributed by atoms with Crippen LogP contribution >= 0.6 is 11.3 Å². The number of amides is 1. The molecule has 3 aromatic rings. The molecule has 1 saturated heterocycles. The van der Waals surface area contributed by atoms with Gasteiger partial charge < -0.3 is 19.3 Å². The lowest BCUT2D eigenvalue weighted by Gasteiger charge is -2.24. The summed E-state index contributed by atoms with van der Waals surface area (Å²) in [6.45, 7) is 10.8. The van der Waals surface area contributed by atoms with E-state index in [1.54, 1.807) is 7.05 Å². The van der Waals surface area contributed by atoms with Gasteiger partial charge in [-0.1, -0.05) is 0 Å². The van der Waals surface area contributed by atoms with Crippen LogP contribution in [0.2, 0.25) is 0 Å². The summed E-state index contributed by atoms with van der Waals surface area (Å²) in [4.78, 5) is 22.3. The molecule has 1 amide bonds. The molecule has 3 heterocycles. The van der Waals surface area contributed by atoms with E-state index in [2.05, 4.69) is 24.0 Å². The molecule has 0 aliphatic carbocycles. The van der Waals surface area contributed by atoms with Gasteiger partial charge in [0.15, 0.2) is 0 Å². The molecule has 1 aliphatic rings. The van der Waals surface area contributed by atoms with Crippen molar-refractivity contribution in [2.75, 3.05) is 38.2 Å². The topological polar surface area (TPSA) is 54.9 Å². The maximum Gasteiger partial charge on any atom is 0.410 e. The van der Waals surface area contributed by atoms with Crippen LogP contribution in [-0.4, -0.2) is 54.9 Å². The van der Waals surface area contributed by atoms with Gasteiger partial charge in [-0.05, 0) is 76.9 Å². The number of anilines is 1. The lowest BCUT2D eigenvalue weighted by atomic mass is 10.1. The zero-order chi connectivity index (χ0) is 23.6. The van der Waals surface area contributed by atoms with E-state index < -0.39 is 5.60 Å². The molecule has 0 atom stereocenters. The number of benzene rings is 1. The molecule has 0 N–H and O–H groups in total. The second-order valence-electron chi connectivity index (χ2n) is 9.57. The first-order valence-electron chi connectivity index (χ1n) is 11.5. The van der Waals surface area contributed by atoms with Crippen LogP contribution in [0.1, 0.15) is 38.5 Å². The number of aromatic nitrogens is 1. The highest BCUT2D eigenvalue weighted by atomic mass is 32.1. The van der Waals surface area contributed by atoms with Crippen molar-refractivity contribution < 1.29 is 14.3 Å².